The SMILES string of the molecule is Cc1ccc(C(=O)NC(=S)Nc2ccc(-c3nc4cc(Cl)ccc4o3)c(O)c2)c(Cl)c1. The van der Waals surface area contributed by atoms with Crippen molar-refractivity contribution in [1.29, 1.82) is 0 Å². The van der Waals surface area contributed by atoms with E-state index >= 15 is 0 Å². The minimum Gasteiger partial charge on any atom is -0.507 e. The first-order valence-electron chi connectivity index (χ1n) is 9.08. The average molecular weight is 472 g/mol. The van der Waals surface area contributed by atoms with Gasteiger partial charge in [-0.05, 0) is 67.2 Å². The maximum absolute atomic E-state index is 12.4. The van der Waals surface area contributed by atoms with Crippen molar-refractivity contribution < 1.29 is 14.3 Å². The number of aromatic hydroxyl groups is 1. The van der Waals surface area contributed by atoms with Gasteiger partial charge < -0.3 is 14.8 Å². The summed E-state index contributed by atoms with van der Waals surface area (Å²) in [4.78, 5) is 16.7. The minimum atomic E-state index is -0.437. The van der Waals surface area contributed by atoms with Crippen LogP contribution in [0, 0.1) is 6.92 Å². The molecule has 0 saturated carbocycles. The first kappa shape index (κ1) is 21.1. The number of aromatic nitrogens is 1. The van der Waals surface area contributed by atoms with Crippen LogP contribution in [0.5, 0.6) is 5.75 Å². The molecule has 0 bridgehead atoms. The number of phenols is 1. The Morgan fingerprint density at radius 1 is 1.10 bits per heavy atom. The first-order valence-corrected chi connectivity index (χ1v) is 10.2. The number of hydrogen-bond donors (Lipinski definition) is 3. The monoisotopic (exact) mass is 471 g/mol. The third-order valence-corrected chi connectivity index (χ3v) is 5.18. The number of thiocarbonyl (C=S) groups is 1. The fourth-order valence-corrected chi connectivity index (χ4v) is 3.64. The van der Waals surface area contributed by atoms with Gasteiger partial charge in [-0.3, -0.25) is 10.1 Å². The van der Waals surface area contributed by atoms with Gasteiger partial charge in [0.2, 0.25) is 5.89 Å². The molecule has 3 aromatic carbocycles. The Labute approximate surface area is 192 Å². The Morgan fingerprint density at radius 2 is 1.90 bits per heavy atom. The molecule has 0 aliphatic carbocycles. The van der Waals surface area contributed by atoms with Crippen LogP contribution in [-0.2, 0) is 0 Å². The Hall–Kier alpha value is -3.13. The predicted octanol–water partition coefficient (Wildman–Crippen LogP) is 5.94. The maximum Gasteiger partial charge on any atom is 0.258 e. The molecule has 4 aromatic rings. The van der Waals surface area contributed by atoms with Crippen molar-refractivity contribution in [1.82, 2.24) is 10.3 Å². The van der Waals surface area contributed by atoms with Crippen LogP contribution in [0.4, 0.5) is 5.69 Å². The quantitative estimate of drug-likeness (QED) is 0.320. The van der Waals surface area contributed by atoms with E-state index in [4.69, 9.17) is 39.8 Å². The number of nitrogens with zero attached hydrogens (tertiary/aromatic N) is 1. The Bertz CT molecular complexity index is 1340. The number of halogens is 2. The summed E-state index contributed by atoms with van der Waals surface area (Å²) < 4.78 is 5.69. The van der Waals surface area contributed by atoms with Crippen molar-refractivity contribution in [3.63, 3.8) is 0 Å². The molecule has 3 N–H and O–H groups in total. The van der Waals surface area contributed by atoms with Gasteiger partial charge in [0.25, 0.3) is 5.91 Å². The second kappa shape index (κ2) is 8.55. The smallest absolute Gasteiger partial charge is 0.258 e. The fourth-order valence-electron chi connectivity index (χ4n) is 2.94. The Morgan fingerprint density at radius 3 is 2.65 bits per heavy atom. The topological polar surface area (TPSA) is 87.4 Å². The third-order valence-electron chi connectivity index (χ3n) is 4.43. The predicted molar refractivity (Wildman–Crippen MR) is 126 cm³/mol. The van der Waals surface area contributed by atoms with Crippen molar-refractivity contribution in [2.24, 2.45) is 0 Å². The number of benzene rings is 3. The van der Waals surface area contributed by atoms with Crippen molar-refractivity contribution in [2.75, 3.05) is 5.32 Å². The standard InChI is InChI=1S/C22H15Cl2N3O3S/c1-11-2-5-14(16(24)8-11)20(29)27-22(31)25-13-4-6-15(18(28)10-13)21-26-17-9-12(23)3-7-19(17)30-21/h2-10,28H,1H3,(H2,25,27,29,31). The number of amides is 1. The number of nitrogens with one attached hydrogen (secondary N) is 2. The second-order valence-electron chi connectivity index (χ2n) is 6.75. The summed E-state index contributed by atoms with van der Waals surface area (Å²) >= 11 is 17.3. The Kier molecular flexibility index (Phi) is 5.82. The van der Waals surface area contributed by atoms with Crippen LogP contribution in [0.15, 0.2) is 59.0 Å². The molecule has 6 nitrogen and oxygen atoms in total. The molecule has 31 heavy (non-hydrogen) atoms. The van der Waals surface area contributed by atoms with Gasteiger partial charge in [-0.2, -0.15) is 0 Å². The molecule has 1 heterocycles. The molecule has 0 spiro atoms. The molecule has 0 unspecified atom stereocenters. The van der Waals surface area contributed by atoms with Crippen LogP contribution in [0.2, 0.25) is 10.0 Å². The summed E-state index contributed by atoms with van der Waals surface area (Å²) in [6, 6.07) is 15.0. The number of fused-ring (bicyclic) bond motifs is 1. The summed E-state index contributed by atoms with van der Waals surface area (Å²) in [6.07, 6.45) is 0. The number of anilines is 1. The zero-order valence-electron chi connectivity index (χ0n) is 16.1. The summed E-state index contributed by atoms with van der Waals surface area (Å²) in [5.74, 6) is -0.252. The third kappa shape index (κ3) is 4.64. The molecule has 4 rings (SSSR count). The molecule has 9 heteroatoms. The van der Waals surface area contributed by atoms with Crippen molar-refractivity contribution >= 4 is 63.2 Å². The second-order valence-corrected chi connectivity index (χ2v) is 8.01. The van der Waals surface area contributed by atoms with E-state index in [1.54, 1.807) is 48.5 Å². The van der Waals surface area contributed by atoms with Crippen molar-refractivity contribution in [3.05, 3.63) is 75.8 Å². The van der Waals surface area contributed by atoms with Gasteiger partial charge in [-0.25, -0.2) is 4.98 Å². The first-order chi connectivity index (χ1) is 14.8. The van der Waals surface area contributed by atoms with E-state index in [-0.39, 0.29) is 16.8 Å². The molecule has 0 radical (unpaired) electrons. The van der Waals surface area contributed by atoms with Gasteiger partial charge >= 0.3 is 0 Å². The van der Waals surface area contributed by atoms with Crippen LogP contribution in [-0.4, -0.2) is 21.1 Å². The van der Waals surface area contributed by atoms with Crippen LogP contribution in [0.1, 0.15) is 15.9 Å². The summed E-state index contributed by atoms with van der Waals surface area (Å²) in [5.41, 5.74) is 3.27. The van der Waals surface area contributed by atoms with E-state index in [1.807, 2.05) is 6.92 Å². The van der Waals surface area contributed by atoms with Crippen LogP contribution < -0.4 is 10.6 Å². The molecule has 1 aromatic heterocycles. The zero-order valence-corrected chi connectivity index (χ0v) is 18.4. The highest BCUT2D eigenvalue weighted by Crippen LogP contribution is 2.33. The van der Waals surface area contributed by atoms with Crippen LogP contribution in [0.25, 0.3) is 22.6 Å². The maximum atomic E-state index is 12.4. The van der Waals surface area contributed by atoms with Gasteiger partial charge in [-0.1, -0.05) is 29.3 Å². The lowest BCUT2D eigenvalue weighted by Crippen LogP contribution is -2.34. The highest BCUT2D eigenvalue weighted by atomic mass is 35.5. The van der Waals surface area contributed by atoms with Gasteiger partial charge in [-0.15, -0.1) is 0 Å². The summed E-state index contributed by atoms with van der Waals surface area (Å²) in [6.45, 7) is 1.88. The summed E-state index contributed by atoms with van der Waals surface area (Å²) in [5, 5.41) is 16.8. The number of hydrogen-bond acceptors (Lipinski definition) is 5. The number of oxazole rings is 1. The molecule has 0 saturated heterocycles. The fraction of sp³-hybridized carbons (Fsp3) is 0.0455. The molecule has 1 amide bonds. The minimum absolute atomic E-state index is 0.0605. The number of carbonyl (C=O) groups excluding carboxylic acids is 1. The molecule has 0 aliphatic rings. The number of rotatable bonds is 3. The van der Waals surface area contributed by atoms with Crippen LogP contribution in [0.3, 0.4) is 0 Å². The molecule has 0 aliphatic heterocycles. The van der Waals surface area contributed by atoms with Crippen molar-refractivity contribution in [3.8, 4) is 17.2 Å². The average Bonchev–Trinajstić information content (AvgIpc) is 3.10. The largest absolute Gasteiger partial charge is 0.507 e. The number of aryl methyl sites for hydroxylation is 1. The van der Waals surface area contributed by atoms with Gasteiger partial charge in [0.05, 0.1) is 16.1 Å². The molecule has 156 valence electrons. The van der Waals surface area contributed by atoms with Crippen LogP contribution >= 0.6 is 35.4 Å². The summed E-state index contributed by atoms with van der Waals surface area (Å²) in [7, 11) is 0. The Balaban J connectivity index is 1.48. The normalized spacial score (nSPS) is 10.8. The molecule has 0 atom stereocenters. The van der Waals surface area contributed by atoms with Crippen molar-refractivity contribution in [2.45, 2.75) is 6.92 Å². The van der Waals surface area contributed by atoms with Gasteiger partial charge in [0.15, 0.2) is 10.7 Å². The highest BCUT2D eigenvalue weighted by Gasteiger charge is 2.15. The number of carbonyl (C=O) groups is 1. The lowest BCUT2D eigenvalue weighted by molar-refractivity contribution is 0.0978. The molecule has 0 fully saturated rings. The van der Waals surface area contributed by atoms with E-state index in [0.29, 0.717) is 38.0 Å². The van der Waals surface area contributed by atoms with E-state index in [1.165, 1.54) is 6.07 Å². The van der Waals surface area contributed by atoms with E-state index in [2.05, 4.69) is 15.6 Å². The lowest BCUT2D eigenvalue weighted by Gasteiger charge is -2.11. The molecular formula is C22H15Cl2N3O3S. The van der Waals surface area contributed by atoms with Gasteiger partial charge in [0.1, 0.15) is 11.3 Å². The van der Waals surface area contributed by atoms with Gasteiger partial charge in [0, 0.05) is 16.8 Å². The van der Waals surface area contributed by atoms with E-state index in [0.717, 1.165) is 5.56 Å². The zero-order chi connectivity index (χ0) is 22.1. The lowest BCUT2D eigenvalue weighted by atomic mass is 10.1. The molecular weight excluding hydrogens is 457 g/mol. The number of phenolic OH excluding ortho intramolecular Hbond substituents is 1. The van der Waals surface area contributed by atoms with E-state index < -0.39 is 5.91 Å². The highest BCUT2D eigenvalue weighted by molar-refractivity contribution is 7.80. The van der Waals surface area contributed by atoms with E-state index in [9.17, 15) is 9.90 Å².